The maximum atomic E-state index is 11.2. The molecular weight excluding hydrogens is 248 g/mol. The highest BCUT2D eigenvalue weighted by Gasteiger charge is 2.09. The van der Waals surface area contributed by atoms with Crippen LogP contribution in [0.15, 0.2) is 0 Å². The Kier molecular flexibility index (Phi) is 5.53. The highest BCUT2D eigenvalue weighted by Crippen LogP contribution is 2.17. The maximum absolute atomic E-state index is 11.2. The van der Waals surface area contributed by atoms with E-state index in [1.807, 2.05) is 20.8 Å². The molecule has 0 aromatic carbocycles. The summed E-state index contributed by atoms with van der Waals surface area (Å²) in [5.41, 5.74) is 6.71. The summed E-state index contributed by atoms with van der Waals surface area (Å²) in [5.74, 6) is 2.05. The lowest BCUT2D eigenvalue weighted by Crippen LogP contribution is -2.16. The van der Waals surface area contributed by atoms with Crippen molar-refractivity contribution >= 4 is 22.4 Å². The number of hydrogen-bond donors (Lipinski definition) is 2. The number of anilines is 2. The van der Waals surface area contributed by atoms with E-state index in [1.165, 1.54) is 0 Å². The topological polar surface area (TPSA) is 80.9 Å². The summed E-state index contributed by atoms with van der Waals surface area (Å²) in [5, 5.41) is 3.43. The largest absolute Gasteiger partial charge is 0.383 e. The molecule has 0 aliphatic carbocycles. The van der Waals surface area contributed by atoms with Gasteiger partial charge in [0.25, 0.3) is 0 Å². The molecule has 1 aromatic rings. The quantitative estimate of drug-likeness (QED) is 0.818. The average molecular weight is 270 g/mol. The SMILES string of the molecule is CCc1nc(N)c(C)c(NCCC(C)S(C)=O)n1. The van der Waals surface area contributed by atoms with Crippen LogP contribution in [0.4, 0.5) is 11.6 Å². The van der Waals surface area contributed by atoms with Crippen molar-refractivity contribution in [1.29, 1.82) is 0 Å². The number of rotatable bonds is 6. The molecule has 0 amide bonds. The average Bonchev–Trinajstić information content (AvgIpc) is 2.33. The van der Waals surface area contributed by atoms with Crippen molar-refractivity contribution < 1.29 is 4.21 Å². The molecular formula is C12H22N4OS. The lowest BCUT2D eigenvalue weighted by atomic mass is 10.2. The molecule has 1 rings (SSSR count). The second-order valence-electron chi connectivity index (χ2n) is 4.38. The first kappa shape index (κ1) is 14.9. The van der Waals surface area contributed by atoms with Gasteiger partial charge in [0.2, 0.25) is 0 Å². The van der Waals surface area contributed by atoms with Gasteiger partial charge in [0, 0.05) is 40.8 Å². The fourth-order valence-electron chi connectivity index (χ4n) is 1.47. The van der Waals surface area contributed by atoms with E-state index in [4.69, 9.17) is 5.73 Å². The van der Waals surface area contributed by atoms with Gasteiger partial charge in [0.1, 0.15) is 17.5 Å². The van der Waals surface area contributed by atoms with Crippen LogP contribution in [-0.2, 0) is 17.2 Å². The second-order valence-corrected chi connectivity index (χ2v) is 6.18. The number of nitrogens with one attached hydrogen (secondary N) is 1. The van der Waals surface area contributed by atoms with E-state index in [2.05, 4.69) is 15.3 Å². The van der Waals surface area contributed by atoms with Gasteiger partial charge in [-0.25, -0.2) is 9.97 Å². The number of nitrogen functional groups attached to an aromatic ring is 1. The van der Waals surface area contributed by atoms with Gasteiger partial charge in [-0.15, -0.1) is 0 Å². The summed E-state index contributed by atoms with van der Waals surface area (Å²) in [6.07, 6.45) is 3.33. The molecule has 0 saturated heterocycles. The summed E-state index contributed by atoms with van der Waals surface area (Å²) < 4.78 is 11.2. The van der Waals surface area contributed by atoms with Gasteiger partial charge in [-0.2, -0.15) is 0 Å². The van der Waals surface area contributed by atoms with Crippen LogP contribution in [0, 0.1) is 6.92 Å². The van der Waals surface area contributed by atoms with E-state index in [1.54, 1.807) is 6.26 Å². The van der Waals surface area contributed by atoms with Crippen molar-refractivity contribution in [3.63, 3.8) is 0 Å². The normalized spacial score (nSPS) is 14.2. The van der Waals surface area contributed by atoms with E-state index in [0.717, 1.165) is 36.6 Å². The molecule has 0 bridgehead atoms. The Morgan fingerprint density at radius 3 is 2.67 bits per heavy atom. The van der Waals surface area contributed by atoms with Crippen molar-refractivity contribution in [3.8, 4) is 0 Å². The van der Waals surface area contributed by atoms with Crippen LogP contribution >= 0.6 is 0 Å². The second kappa shape index (κ2) is 6.68. The molecule has 0 fully saturated rings. The van der Waals surface area contributed by atoms with Crippen LogP contribution in [0.3, 0.4) is 0 Å². The molecule has 2 atom stereocenters. The van der Waals surface area contributed by atoms with Gasteiger partial charge in [-0.1, -0.05) is 13.8 Å². The number of aromatic nitrogens is 2. The third-order valence-corrected chi connectivity index (χ3v) is 4.32. The third-order valence-electron chi connectivity index (χ3n) is 2.96. The molecule has 0 saturated carbocycles. The Labute approximate surface area is 111 Å². The highest BCUT2D eigenvalue weighted by molar-refractivity contribution is 7.84. The zero-order chi connectivity index (χ0) is 13.7. The molecule has 5 nitrogen and oxygen atoms in total. The fraction of sp³-hybridized carbons (Fsp3) is 0.667. The molecule has 0 radical (unpaired) electrons. The molecule has 0 aliphatic heterocycles. The predicted octanol–water partition coefficient (Wildman–Crippen LogP) is 1.50. The summed E-state index contributed by atoms with van der Waals surface area (Å²) in [6.45, 7) is 6.62. The predicted molar refractivity (Wildman–Crippen MR) is 77.2 cm³/mol. The Balaban J connectivity index is 2.67. The van der Waals surface area contributed by atoms with Crippen LogP contribution in [0.1, 0.15) is 31.7 Å². The van der Waals surface area contributed by atoms with E-state index in [9.17, 15) is 4.21 Å². The number of hydrogen-bond acceptors (Lipinski definition) is 5. The van der Waals surface area contributed by atoms with Crippen LogP contribution in [0.5, 0.6) is 0 Å². The van der Waals surface area contributed by atoms with Crippen molar-refractivity contribution in [2.45, 2.75) is 38.9 Å². The summed E-state index contributed by atoms with van der Waals surface area (Å²) >= 11 is 0. The first-order valence-corrected chi connectivity index (χ1v) is 7.76. The summed E-state index contributed by atoms with van der Waals surface area (Å²) in [4.78, 5) is 8.62. The zero-order valence-electron chi connectivity index (χ0n) is 11.5. The van der Waals surface area contributed by atoms with Crippen LogP contribution < -0.4 is 11.1 Å². The molecule has 3 N–H and O–H groups in total. The lowest BCUT2D eigenvalue weighted by Gasteiger charge is -2.13. The van der Waals surface area contributed by atoms with Crippen LogP contribution in [-0.4, -0.2) is 32.2 Å². The Bertz CT molecular complexity index is 436. The van der Waals surface area contributed by atoms with Crippen molar-refractivity contribution in [1.82, 2.24) is 9.97 Å². The van der Waals surface area contributed by atoms with Gasteiger partial charge >= 0.3 is 0 Å². The molecule has 0 aliphatic rings. The van der Waals surface area contributed by atoms with Gasteiger partial charge in [-0.3, -0.25) is 4.21 Å². The molecule has 1 heterocycles. The van der Waals surface area contributed by atoms with E-state index in [0.29, 0.717) is 5.82 Å². The van der Waals surface area contributed by atoms with Crippen molar-refractivity contribution in [2.24, 2.45) is 0 Å². The van der Waals surface area contributed by atoms with Gasteiger partial charge in [-0.05, 0) is 13.3 Å². The Morgan fingerprint density at radius 1 is 1.44 bits per heavy atom. The third kappa shape index (κ3) is 3.94. The number of nitrogens with zero attached hydrogens (tertiary/aromatic N) is 2. The van der Waals surface area contributed by atoms with E-state index >= 15 is 0 Å². The lowest BCUT2D eigenvalue weighted by molar-refractivity contribution is 0.672. The minimum atomic E-state index is -0.781. The zero-order valence-corrected chi connectivity index (χ0v) is 12.3. The van der Waals surface area contributed by atoms with E-state index in [-0.39, 0.29) is 5.25 Å². The molecule has 102 valence electrons. The summed E-state index contributed by atoms with van der Waals surface area (Å²) in [6, 6.07) is 0. The molecule has 1 aromatic heterocycles. The Hall–Kier alpha value is -1.17. The van der Waals surface area contributed by atoms with Gasteiger partial charge in [0.05, 0.1) is 0 Å². The minimum absolute atomic E-state index is 0.183. The number of nitrogens with two attached hydrogens (primary N) is 1. The fourth-order valence-corrected chi connectivity index (χ4v) is 1.92. The first-order chi connectivity index (χ1) is 8.45. The Morgan fingerprint density at radius 2 is 2.11 bits per heavy atom. The van der Waals surface area contributed by atoms with Crippen molar-refractivity contribution in [2.75, 3.05) is 23.9 Å². The minimum Gasteiger partial charge on any atom is -0.383 e. The van der Waals surface area contributed by atoms with Gasteiger partial charge in [0.15, 0.2) is 0 Å². The maximum Gasteiger partial charge on any atom is 0.134 e. The summed E-state index contributed by atoms with van der Waals surface area (Å²) in [7, 11) is -0.781. The first-order valence-electron chi connectivity index (χ1n) is 6.14. The smallest absolute Gasteiger partial charge is 0.134 e. The van der Waals surface area contributed by atoms with Gasteiger partial charge < -0.3 is 11.1 Å². The molecule has 2 unspecified atom stereocenters. The molecule has 6 heteroatoms. The molecule has 0 spiro atoms. The number of aryl methyl sites for hydroxylation is 1. The monoisotopic (exact) mass is 270 g/mol. The van der Waals surface area contributed by atoms with Crippen LogP contribution in [0.25, 0.3) is 0 Å². The highest BCUT2D eigenvalue weighted by atomic mass is 32.2. The van der Waals surface area contributed by atoms with Crippen LogP contribution in [0.2, 0.25) is 0 Å². The van der Waals surface area contributed by atoms with Crippen molar-refractivity contribution in [3.05, 3.63) is 11.4 Å². The van der Waals surface area contributed by atoms with E-state index < -0.39 is 10.8 Å². The molecule has 18 heavy (non-hydrogen) atoms. The standard InChI is InChI=1S/C12H22N4OS/c1-5-10-15-11(13)9(3)12(16-10)14-7-6-8(2)18(4)17/h8H,5-7H2,1-4H3,(H3,13,14,15,16).